The van der Waals surface area contributed by atoms with Crippen LogP contribution in [0.5, 0.6) is 11.5 Å². The molecule has 0 aliphatic heterocycles. The van der Waals surface area contributed by atoms with Crippen molar-refractivity contribution < 1.29 is 9.47 Å². The van der Waals surface area contributed by atoms with Crippen molar-refractivity contribution in [2.75, 3.05) is 13.7 Å². The Morgan fingerprint density at radius 3 is 2.60 bits per heavy atom. The highest BCUT2D eigenvalue weighted by Gasteiger charge is 2.10. The second kappa shape index (κ2) is 9.25. The van der Waals surface area contributed by atoms with Gasteiger partial charge in [-0.1, -0.05) is 48.5 Å². The summed E-state index contributed by atoms with van der Waals surface area (Å²) < 4.78 is 12.5. The molecule has 4 nitrogen and oxygen atoms in total. The zero-order valence-electron chi connectivity index (χ0n) is 16.5. The number of thiazole rings is 1. The van der Waals surface area contributed by atoms with Crippen LogP contribution in [0.1, 0.15) is 16.1 Å². The molecule has 0 atom stereocenters. The van der Waals surface area contributed by atoms with E-state index < -0.39 is 0 Å². The first kappa shape index (κ1) is 19.7. The Bertz CT molecular complexity index is 1190. The molecule has 30 heavy (non-hydrogen) atoms. The number of benzene rings is 3. The first-order chi connectivity index (χ1) is 14.8. The molecule has 0 spiro atoms. The number of ether oxygens (including phenoxy) is 2. The molecule has 0 saturated carbocycles. The van der Waals surface area contributed by atoms with E-state index in [1.54, 1.807) is 7.11 Å². The van der Waals surface area contributed by atoms with Gasteiger partial charge in [0, 0.05) is 6.42 Å². The van der Waals surface area contributed by atoms with Gasteiger partial charge in [0.25, 0.3) is 0 Å². The summed E-state index contributed by atoms with van der Waals surface area (Å²) in [7, 11) is 1.62. The number of para-hydroxylation sites is 1. The fraction of sp³-hybridized carbons (Fsp3) is 0.120. The lowest BCUT2D eigenvalue weighted by molar-refractivity contribution is 0.297. The van der Waals surface area contributed by atoms with E-state index in [2.05, 4.69) is 23.2 Å². The highest BCUT2D eigenvalue weighted by atomic mass is 32.1. The third kappa shape index (κ3) is 4.51. The van der Waals surface area contributed by atoms with Gasteiger partial charge in [-0.15, -0.1) is 11.3 Å². The van der Waals surface area contributed by atoms with Gasteiger partial charge in [-0.25, -0.2) is 4.98 Å². The lowest BCUT2D eigenvalue weighted by atomic mass is 10.1. The molecule has 1 aromatic heterocycles. The van der Waals surface area contributed by atoms with Crippen molar-refractivity contribution in [1.82, 2.24) is 4.98 Å². The predicted octanol–water partition coefficient (Wildman–Crippen LogP) is 5.99. The maximum absolute atomic E-state index is 9.66. The normalized spacial score (nSPS) is 11.3. The quantitative estimate of drug-likeness (QED) is 0.350. The fourth-order valence-corrected chi connectivity index (χ4v) is 4.04. The number of methoxy groups -OCH3 is 1. The Balaban J connectivity index is 1.53. The summed E-state index contributed by atoms with van der Waals surface area (Å²) in [6.45, 7) is 0.560. The van der Waals surface area contributed by atoms with Gasteiger partial charge < -0.3 is 9.47 Å². The van der Waals surface area contributed by atoms with Gasteiger partial charge in [-0.05, 0) is 41.5 Å². The molecule has 0 aliphatic rings. The zero-order valence-corrected chi connectivity index (χ0v) is 17.4. The Labute approximate surface area is 179 Å². The molecule has 1 heterocycles. The molecular formula is C25H20N2O2S. The standard InChI is InChI=1S/C25H20N2O2S/c1-28-23-16-19(11-12-22(23)29-14-13-18-7-3-2-4-8-18)15-20(17-26)25-27-21-9-5-6-10-24(21)30-25/h2-12,15-16H,13-14H2,1H3. The lowest BCUT2D eigenvalue weighted by Crippen LogP contribution is -2.02. The summed E-state index contributed by atoms with van der Waals surface area (Å²) in [6, 6.07) is 26.0. The van der Waals surface area contributed by atoms with Crippen LogP contribution in [0.2, 0.25) is 0 Å². The van der Waals surface area contributed by atoms with Crippen LogP contribution in [0, 0.1) is 11.3 Å². The molecule has 0 aliphatic carbocycles. The Morgan fingerprint density at radius 2 is 1.83 bits per heavy atom. The minimum atomic E-state index is 0.524. The third-order valence-corrected chi connectivity index (χ3v) is 5.70. The monoisotopic (exact) mass is 412 g/mol. The van der Waals surface area contributed by atoms with E-state index in [1.807, 2.05) is 66.7 Å². The van der Waals surface area contributed by atoms with Crippen LogP contribution >= 0.6 is 11.3 Å². The van der Waals surface area contributed by atoms with Gasteiger partial charge >= 0.3 is 0 Å². The number of rotatable bonds is 7. The zero-order chi connectivity index (χ0) is 20.8. The second-order valence-electron chi connectivity index (χ2n) is 6.65. The molecule has 0 unspecified atom stereocenters. The summed E-state index contributed by atoms with van der Waals surface area (Å²) in [4.78, 5) is 4.58. The first-order valence-electron chi connectivity index (χ1n) is 9.59. The molecule has 0 fully saturated rings. The van der Waals surface area contributed by atoms with Crippen LogP contribution in [-0.2, 0) is 6.42 Å². The van der Waals surface area contributed by atoms with Gasteiger partial charge in [0.2, 0.25) is 0 Å². The van der Waals surface area contributed by atoms with Crippen molar-refractivity contribution in [3.63, 3.8) is 0 Å². The van der Waals surface area contributed by atoms with Crippen LogP contribution in [0.4, 0.5) is 0 Å². The number of fused-ring (bicyclic) bond motifs is 1. The van der Waals surface area contributed by atoms with Crippen LogP contribution in [0.3, 0.4) is 0 Å². The number of hydrogen-bond acceptors (Lipinski definition) is 5. The molecule has 0 N–H and O–H groups in total. The summed E-state index contributed by atoms with van der Waals surface area (Å²) in [5.74, 6) is 1.32. The number of nitrogens with zero attached hydrogens (tertiary/aromatic N) is 2. The van der Waals surface area contributed by atoms with Crippen molar-refractivity contribution in [3.8, 4) is 17.6 Å². The van der Waals surface area contributed by atoms with Crippen LogP contribution < -0.4 is 9.47 Å². The van der Waals surface area contributed by atoms with Crippen molar-refractivity contribution in [2.45, 2.75) is 6.42 Å². The van der Waals surface area contributed by atoms with E-state index in [9.17, 15) is 5.26 Å². The van der Waals surface area contributed by atoms with E-state index in [-0.39, 0.29) is 0 Å². The van der Waals surface area contributed by atoms with Gasteiger partial charge in [0.1, 0.15) is 11.1 Å². The number of aromatic nitrogens is 1. The maximum atomic E-state index is 9.66. The Kier molecular flexibility index (Phi) is 6.07. The smallest absolute Gasteiger partial charge is 0.161 e. The van der Waals surface area contributed by atoms with Crippen LogP contribution in [0.15, 0.2) is 72.8 Å². The van der Waals surface area contributed by atoms with Gasteiger partial charge in [0.15, 0.2) is 11.5 Å². The highest BCUT2D eigenvalue weighted by molar-refractivity contribution is 7.19. The number of hydrogen-bond donors (Lipinski definition) is 0. The van der Waals surface area contributed by atoms with E-state index in [0.717, 1.165) is 22.2 Å². The second-order valence-corrected chi connectivity index (χ2v) is 7.68. The molecule has 4 rings (SSSR count). The minimum absolute atomic E-state index is 0.524. The summed E-state index contributed by atoms with van der Waals surface area (Å²) in [5.41, 5.74) is 3.51. The topological polar surface area (TPSA) is 55.1 Å². The van der Waals surface area contributed by atoms with E-state index in [0.29, 0.717) is 28.7 Å². The average molecular weight is 413 g/mol. The van der Waals surface area contributed by atoms with Crippen molar-refractivity contribution in [2.24, 2.45) is 0 Å². The number of nitriles is 1. The minimum Gasteiger partial charge on any atom is -0.493 e. The predicted molar refractivity (Wildman–Crippen MR) is 122 cm³/mol. The lowest BCUT2D eigenvalue weighted by Gasteiger charge is -2.11. The van der Waals surface area contributed by atoms with Crippen molar-refractivity contribution in [1.29, 1.82) is 5.26 Å². The Hall–Kier alpha value is -3.62. The molecule has 4 aromatic rings. The van der Waals surface area contributed by atoms with Crippen LogP contribution in [-0.4, -0.2) is 18.7 Å². The maximum Gasteiger partial charge on any atom is 0.161 e. The summed E-state index contributed by atoms with van der Waals surface area (Å²) in [5, 5.41) is 10.4. The Morgan fingerprint density at radius 1 is 1.03 bits per heavy atom. The molecule has 5 heteroatoms. The average Bonchev–Trinajstić information content (AvgIpc) is 3.23. The molecular weight excluding hydrogens is 392 g/mol. The van der Waals surface area contributed by atoms with Crippen LogP contribution in [0.25, 0.3) is 21.9 Å². The van der Waals surface area contributed by atoms with Crippen molar-refractivity contribution >= 4 is 33.2 Å². The highest BCUT2D eigenvalue weighted by Crippen LogP contribution is 2.32. The van der Waals surface area contributed by atoms with E-state index in [1.165, 1.54) is 16.9 Å². The first-order valence-corrected chi connectivity index (χ1v) is 10.4. The fourth-order valence-electron chi connectivity index (χ4n) is 3.11. The third-order valence-electron chi connectivity index (χ3n) is 4.63. The molecule has 148 valence electrons. The van der Waals surface area contributed by atoms with E-state index >= 15 is 0 Å². The van der Waals surface area contributed by atoms with Crippen molar-refractivity contribution in [3.05, 3.63) is 88.9 Å². The summed E-state index contributed by atoms with van der Waals surface area (Å²) >= 11 is 1.51. The molecule has 0 radical (unpaired) electrons. The van der Waals surface area contributed by atoms with Gasteiger partial charge in [-0.2, -0.15) is 5.26 Å². The summed E-state index contributed by atoms with van der Waals surface area (Å²) in [6.07, 6.45) is 2.65. The van der Waals surface area contributed by atoms with E-state index in [4.69, 9.17) is 9.47 Å². The molecule has 0 bridgehead atoms. The SMILES string of the molecule is COc1cc(C=C(C#N)c2nc3ccccc3s2)ccc1OCCc1ccccc1. The molecule has 3 aromatic carbocycles. The van der Waals surface area contributed by atoms with Gasteiger partial charge in [0.05, 0.1) is 29.5 Å². The van der Waals surface area contributed by atoms with Gasteiger partial charge in [-0.3, -0.25) is 0 Å². The number of allylic oxidation sites excluding steroid dienone is 1. The molecule has 0 amide bonds. The molecule has 0 saturated heterocycles. The largest absolute Gasteiger partial charge is 0.493 e.